The molecule has 1 aromatic heterocycles. The van der Waals surface area contributed by atoms with Gasteiger partial charge in [0, 0.05) is 23.7 Å². The van der Waals surface area contributed by atoms with Crippen LogP contribution in [0.2, 0.25) is 0 Å². The Bertz CT molecular complexity index is 454. The minimum absolute atomic E-state index is 0.463. The van der Waals surface area contributed by atoms with Gasteiger partial charge in [-0.25, -0.2) is 9.97 Å². The minimum atomic E-state index is 0.463. The van der Waals surface area contributed by atoms with Crippen LogP contribution in [0.15, 0.2) is 0 Å². The van der Waals surface area contributed by atoms with Crippen molar-refractivity contribution in [2.45, 2.75) is 72.1 Å². The minimum Gasteiger partial charge on any atom is -0.370 e. The molecule has 1 aliphatic rings. The molecule has 1 aromatic rings. The molecule has 0 saturated heterocycles. The summed E-state index contributed by atoms with van der Waals surface area (Å²) in [7, 11) is 0. The van der Waals surface area contributed by atoms with Crippen molar-refractivity contribution in [3.63, 3.8) is 0 Å². The van der Waals surface area contributed by atoms with Crippen LogP contribution in [0.25, 0.3) is 0 Å². The van der Waals surface area contributed by atoms with Crippen molar-refractivity contribution >= 4 is 5.82 Å². The molecule has 1 saturated carbocycles. The first-order chi connectivity index (χ1) is 9.56. The van der Waals surface area contributed by atoms with E-state index in [2.05, 4.69) is 39.9 Å². The second kappa shape index (κ2) is 6.55. The molecular formula is C17H29N3. The number of aryl methyl sites for hydroxylation is 1. The zero-order valence-electron chi connectivity index (χ0n) is 13.7. The highest BCUT2D eigenvalue weighted by Gasteiger charge is 2.28. The quantitative estimate of drug-likeness (QED) is 0.851. The molecular weight excluding hydrogens is 246 g/mol. The smallest absolute Gasteiger partial charge is 0.134 e. The Morgan fingerprint density at radius 3 is 2.50 bits per heavy atom. The third kappa shape index (κ3) is 3.13. The summed E-state index contributed by atoms with van der Waals surface area (Å²) >= 11 is 0. The SMILES string of the molecule is CCNc1nc(C2CCC(CC)C2)nc(C)c1C(C)C. The molecule has 2 atom stereocenters. The summed E-state index contributed by atoms with van der Waals surface area (Å²) in [5.41, 5.74) is 2.43. The summed E-state index contributed by atoms with van der Waals surface area (Å²) in [5, 5.41) is 3.44. The van der Waals surface area contributed by atoms with E-state index in [1.807, 2.05) is 0 Å². The van der Waals surface area contributed by atoms with Crippen molar-refractivity contribution in [3.05, 3.63) is 17.1 Å². The number of anilines is 1. The van der Waals surface area contributed by atoms with E-state index in [4.69, 9.17) is 9.97 Å². The Labute approximate surface area is 123 Å². The van der Waals surface area contributed by atoms with Crippen LogP contribution >= 0.6 is 0 Å². The van der Waals surface area contributed by atoms with Gasteiger partial charge in [-0.1, -0.05) is 27.2 Å². The van der Waals surface area contributed by atoms with Crippen LogP contribution in [-0.4, -0.2) is 16.5 Å². The molecule has 0 bridgehead atoms. The van der Waals surface area contributed by atoms with Crippen molar-refractivity contribution in [2.24, 2.45) is 5.92 Å². The zero-order chi connectivity index (χ0) is 14.7. The fourth-order valence-electron chi connectivity index (χ4n) is 3.46. The lowest BCUT2D eigenvalue weighted by Crippen LogP contribution is -2.12. The van der Waals surface area contributed by atoms with E-state index >= 15 is 0 Å². The first-order valence-corrected chi connectivity index (χ1v) is 8.19. The van der Waals surface area contributed by atoms with Gasteiger partial charge in [0.1, 0.15) is 11.6 Å². The Kier molecular flexibility index (Phi) is 5.00. The van der Waals surface area contributed by atoms with Crippen molar-refractivity contribution in [3.8, 4) is 0 Å². The Balaban J connectivity index is 2.31. The van der Waals surface area contributed by atoms with E-state index in [0.717, 1.165) is 29.8 Å². The summed E-state index contributed by atoms with van der Waals surface area (Å²) < 4.78 is 0. The second-order valence-corrected chi connectivity index (χ2v) is 6.40. The van der Waals surface area contributed by atoms with Crippen LogP contribution in [0.1, 0.15) is 82.3 Å². The fraction of sp³-hybridized carbons (Fsp3) is 0.765. The van der Waals surface area contributed by atoms with Crippen LogP contribution in [0.3, 0.4) is 0 Å². The van der Waals surface area contributed by atoms with Crippen molar-refractivity contribution in [1.82, 2.24) is 9.97 Å². The van der Waals surface area contributed by atoms with E-state index < -0.39 is 0 Å². The largest absolute Gasteiger partial charge is 0.370 e. The molecule has 0 radical (unpaired) electrons. The van der Waals surface area contributed by atoms with Crippen molar-refractivity contribution in [2.75, 3.05) is 11.9 Å². The maximum atomic E-state index is 4.87. The fourth-order valence-corrected chi connectivity index (χ4v) is 3.46. The van der Waals surface area contributed by atoms with E-state index in [-0.39, 0.29) is 0 Å². The monoisotopic (exact) mass is 275 g/mol. The van der Waals surface area contributed by atoms with Crippen LogP contribution in [0.4, 0.5) is 5.82 Å². The number of nitrogens with one attached hydrogen (secondary N) is 1. The molecule has 2 rings (SSSR count). The van der Waals surface area contributed by atoms with E-state index in [1.54, 1.807) is 0 Å². The van der Waals surface area contributed by atoms with Gasteiger partial charge in [-0.05, 0) is 44.9 Å². The first kappa shape index (κ1) is 15.3. The second-order valence-electron chi connectivity index (χ2n) is 6.40. The van der Waals surface area contributed by atoms with E-state index in [9.17, 15) is 0 Å². The Morgan fingerprint density at radius 1 is 1.20 bits per heavy atom. The number of hydrogen-bond acceptors (Lipinski definition) is 3. The lowest BCUT2D eigenvalue weighted by molar-refractivity contribution is 0.516. The molecule has 112 valence electrons. The molecule has 3 nitrogen and oxygen atoms in total. The lowest BCUT2D eigenvalue weighted by Gasteiger charge is -2.18. The number of aromatic nitrogens is 2. The predicted molar refractivity (Wildman–Crippen MR) is 85.4 cm³/mol. The van der Waals surface area contributed by atoms with Gasteiger partial charge in [0.15, 0.2) is 0 Å². The summed E-state index contributed by atoms with van der Waals surface area (Å²) in [6.07, 6.45) is 5.15. The van der Waals surface area contributed by atoms with Gasteiger partial charge in [-0.2, -0.15) is 0 Å². The molecule has 2 unspecified atom stereocenters. The van der Waals surface area contributed by atoms with Crippen LogP contribution in [0, 0.1) is 12.8 Å². The molecule has 0 aliphatic heterocycles. The predicted octanol–water partition coefficient (Wildman–Crippen LogP) is 4.63. The van der Waals surface area contributed by atoms with Crippen molar-refractivity contribution < 1.29 is 0 Å². The number of nitrogens with zero attached hydrogens (tertiary/aromatic N) is 2. The number of rotatable bonds is 5. The van der Waals surface area contributed by atoms with Gasteiger partial charge in [-0.3, -0.25) is 0 Å². The standard InChI is InChI=1S/C17H29N3/c1-6-13-8-9-14(10-13)16-19-12(5)15(11(3)4)17(20-16)18-7-2/h11,13-14H,6-10H2,1-5H3,(H,18,19,20). The normalized spacial score (nSPS) is 22.5. The molecule has 1 heterocycles. The highest BCUT2D eigenvalue weighted by atomic mass is 15.0. The topological polar surface area (TPSA) is 37.8 Å². The van der Waals surface area contributed by atoms with Gasteiger partial charge in [0.2, 0.25) is 0 Å². The van der Waals surface area contributed by atoms with Gasteiger partial charge >= 0.3 is 0 Å². The molecule has 0 aromatic carbocycles. The number of hydrogen-bond donors (Lipinski definition) is 1. The first-order valence-electron chi connectivity index (χ1n) is 8.19. The van der Waals surface area contributed by atoms with Gasteiger partial charge in [0.25, 0.3) is 0 Å². The van der Waals surface area contributed by atoms with E-state index in [1.165, 1.54) is 31.2 Å². The highest BCUT2D eigenvalue weighted by Crippen LogP contribution is 2.39. The summed E-state index contributed by atoms with van der Waals surface area (Å²) in [6.45, 7) is 11.9. The summed E-state index contributed by atoms with van der Waals surface area (Å²) in [5.74, 6) is 4.03. The summed E-state index contributed by atoms with van der Waals surface area (Å²) in [4.78, 5) is 9.71. The summed E-state index contributed by atoms with van der Waals surface area (Å²) in [6, 6.07) is 0. The third-order valence-corrected chi connectivity index (χ3v) is 4.56. The van der Waals surface area contributed by atoms with E-state index in [0.29, 0.717) is 11.8 Å². The lowest BCUT2D eigenvalue weighted by atomic mass is 9.99. The molecule has 0 amide bonds. The molecule has 0 spiro atoms. The molecule has 3 heteroatoms. The van der Waals surface area contributed by atoms with Gasteiger partial charge in [-0.15, -0.1) is 0 Å². The molecule has 1 fully saturated rings. The zero-order valence-corrected chi connectivity index (χ0v) is 13.7. The van der Waals surface area contributed by atoms with Crippen LogP contribution in [-0.2, 0) is 0 Å². The van der Waals surface area contributed by atoms with Crippen LogP contribution in [0.5, 0.6) is 0 Å². The van der Waals surface area contributed by atoms with Crippen molar-refractivity contribution in [1.29, 1.82) is 0 Å². The molecule has 20 heavy (non-hydrogen) atoms. The van der Waals surface area contributed by atoms with Gasteiger partial charge in [0.05, 0.1) is 0 Å². The molecule has 1 aliphatic carbocycles. The maximum Gasteiger partial charge on any atom is 0.134 e. The Hall–Kier alpha value is -1.12. The highest BCUT2D eigenvalue weighted by molar-refractivity contribution is 5.48. The van der Waals surface area contributed by atoms with Crippen LogP contribution < -0.4 is 5.32 Å². The average molecular weight is 275 g/mol. The Morgan fingerprint density at radius 2 is 1.95 bits per heavy atom. The van der Waals surface area contributed by atoms with Gasteiger partial charge < -0.3 is 5.32 Å². The molecule has 1 N–H and O–H groups in total. The third-order valence-electron chi connectivity index (χ3n) is 4.56. The average Bonchev–Trinajstić information content (AvgIpc) is 2.86. The maximum absolute atomic E-state index is 4.87.